The third-order valence-corrected chi connectivity index (χ3v) is 2.11. The van der Waals surface area contributed by atoms with E-state index in [4.69, 9.17) is 0 Å². The maximum Gasteiger partial charge on any atom is 0.341 e. The Morgan fingerprint density at radius 1 is 1.28 bits per heavy atom. The number of urea groups is 1. The van der Waals surface area contributed by atoms with Crippen molar-refractivity contribution in [3.05, 3.63) is 30.3 Å². The highest BCUT2D eigenvalue weighted by Gasteiger charge is 2.16. The van der Waals surface area contributed by atoms with Gasteiger partial charge in [0.25, 0.3) is 0 Å². The molecule has 0 aliphatic heterocycles. The minimum Gasteiger partial charge on any atom is -0.329 e. The second kappa shape index (κ2) is 7.05. The normalized spacial score (nSPS) is 9.39. The van der Waals surface area contributed by atoms with Gasteiger partial charge in [0.05, 0.1) is 12.2 Å². The number of nitrogens with zero attached hydrogens (tertiary/aromatic N) is 1. The molecule has 0 saturated heterocycles. The van der Waals surface area contributed by atoms with E-state index in [2.05, 4.69) is 10.7 Å². The summed E-state index contributed by atoms with van der Waals surface area (Å²) in [4.78, 5) is 33.4. The average Bonchev–Trinajstić information content (AvgIpc) is 2.42. The van der Waals surface area contributed by atoms with Gasteiger partial charge in [0.15, 0.2) is 0 Å². The predicted octanol–water partition coefficient (Wildman–Crippen LogP) is 0.843. The van der Waals surface area contributed by atoms with Crippen molar-refractivity contribution in [3.8, 4) is 0 Å². The number of hydrazine groups is 1. The lowest BCUT2D eigenvalue weighted by Gasteiger charge is -2.22. The summed E-state index contributed by atoms with van der Waals surface area (Å²) in [7, 11) is 0. The molecule has 0 aromatic heterocycles. The highest BCUT2D eigenvalue weighted by molar-refractivity contribution is 5.95. The second-order valence-electron chi connectivity index (χ2n) is 3.41. The Bertz CT molecular complexity index is 420. The molecule has 0 saturated carbocycles. The number of amides is 3. The topological polar surface area (TPSA) is 78.5 Å². The standard InChI is InChI=1S/C12H15N3O3/c1-2-11(17)14-15(12(18)13-8-9-16)10-6-4-3-5-7-10/h3-7,9H,2,8H2,1H3,(H,13,18)(H,14,17). The van der Waals surface area contributed by atoms with Crippen molar-refractivity contribution in [1.29, 1.82) is 0 Å². The van der Waals surface area contributed by atoms with Crippen LogP contribution in [0.3, 0.4) is 0 Å². The average molecular weight is 249 g/mol. The van der Waals surface area contributed by atoms with E-state index in [1.807, 2.05) is 0 Å². The fourth-order valence-corrected chi connectivity index (χ4v) is 1.22. The molecule has 6 nitrogen and oxygen atoms in total. The van der Waals surface area contributed by atoms with Gasteiger partial charge >= 0.3 is 6.03 Å². The quantitative estimate of drug-likeness (QED) is 0.613. The van der Waals surface area contributed by atoms with Gasteiger partial charge in [0.1, 0.15) is 6.29 Å². The van der Waals surface area contributed by atoms with Crippen LogP contribution in [-0.2, 0) is 9.59 Å². The molecule has 18 heavy (non-hydrogen) atoms. The van der Waals surface area contributed by atoms with E-state index in [9.17, 15) is 14.4 Å². The fraction of sp³-hybridized carbons (Fsp3) is 0.250. The van der Waals surface area contributed by atoms with Crippen LogP contribution in [-0.4, -0.2) is 24.8 Å². The van der Waals surface area contributed by atoms with Crippen LogP contribution in [0, 0.1) is 0 Å². The second-order valence-corrected chi connectivity index (χ2v) is 3.41. The van der Waals surface area contributed by atoms with Crippen molar-refractivity contribution in [2.45, 2.75) is 13.3 Å². The van der Waals surface area contributed by atoms with Crippen LogP contribution < -0.4 is 15.8 Å². The molecule has 96 valence electrons. The van der Waals surface area contributed by atoms with Gasteiger partial charge in [-0.15, -0.1) is 0 Å². The van der Waals surface area contributed by atoms with Gasteiger partial charge in [-0.2, -0.15) is 0 Å². The first-order valence-corrected chi connectivity index (χ1v) is 5.55. The molecular weight excluding hydrogens is 234 g/mol. The van der Waals surface area contributed by atoms with E-state index < -0.39 is 6.03 Å². The lowest BCUT2D eigenvalue weighted by Crippen LogP contribution is -2.51. The highest BCUT2D eigenvalue weighted by atomic mass is 16.2. The first-order chi connectivity index (χ1) is 8.69. The van der Waals surface area contributed by atoms with Crippen molar-refractivity contribution < 1.29 is 14.4 Å². The van der Waals surface area contributed by atoms with Gasteiger partial charge in [-0.3, -0.25) is 10.2 Å². The van der Waals surface area contributed by atoms with E-state index >= 15 is 0 Å². The molecule has 0 aliphatic rings. The zero-order valence-electron chi connectivity index (χ0n) is 10.1. The van der Waals surface area contributed by atoms with Gasteiger partial charge in [-0.1, -0.05) is 25.1 Å². The van der Waals surface area contributed by atoms with Gasteiger partial charge in [0.2, 0.25) is 5.91 Å². The Labute approximate surface area is 105 Å². The van der Waals surface area contributed by atoms with Gasteiger partial charge in [-0.25, -0.2) is 9.80 Å². The van der Waals surface area contributed by atoms with Crippen molar-refractivity contribution in [2.24, 2.45) is 0 Å². The molecule has 0 radical (unpaired) electrons. The van der Waals surface area contributed by atoms with E-state index in [0.717, 1.165) is 5.01 Å². The van der Waals surface area contributed by atoms with Crippen molar-refractivity contribution in [3.63, 3.8) is 0 Å². The minimum atomic E-state index is -0.560. The van der Waals surface area contributed by atoms with E-state index in [1.165, 1.54) is 0 Å². The van der Waals surface area contributed by atoms with E-state index in [-0.39, 0.29) is 18.9 Å². The lowest BCUT2D eigenvalue weighted by atomic mass is 10.3. The summed E-state index contributed by atoms with van der Waals surface area (Å²) in [5.41, 5.74) is 2.97. The first-order valence-electron chi connectivity index (χ1n) is 5.55. The lowest BCUT2D eigenvalue weighted by molar-refractivity contribution is -0.120. The molecule has 1 rings (SSSR count). The molecule has 0 aliphatic carbocycles. The maximum atomic E-state index is 11.8. The molecule has 0 atom stereocenters. The number of carbonyl (C=O) groups is 3. The largest absolute Gasteiger partial charge is 0.341 e. The minimum absolute atomic E-state index is 0.107. The zero-order chi connectivity index (χ0) is 13.4. The first kappa shape index (κ1) is 13.7. The third kappa shape index (κ3) is 3.89. The Hall–Kier alpha value is -2.37. The van der Waals surface area contributed by atoms with Gasteiger partial charge in [0, 0.05) is 6.42 Å². The van der Waals surface area contributed by atoms with Crippen LogP contribution in [0.2, 0.25) is 0 Å². The van der Waals surface area contributed by atoms with Crippen LogP contribution >= 0.6 is 0 Å². The van der Waals surface area contributed by atoms with Gasteiger partial charge in [-0.05, 0) is 12.1 Å². The zero-order valence-corrected chi connectivity index (χ0v) is 10.1. The Morgan fingerprint density at radius 3 is 2.50 bits per heavy atom. The SMILES string of the molecule is CCC(=O)NN(C(=O)NCC=O)c1ccccc1. The number of hydrogen-bond donors (Lipinski definition) is 2. The van der Waals surface area contributed by atoms with E-state index in [1.54, 1.807) is 37.3 Å². The molecule has 0 bridgehead atoms. The number of nitrogens with one attached hydrogen (secondary N) is 2. The molecule has 1 aromatic carbocycles. The predicted molar refractivity (Wildman–Crippen MR) is 66.8 cm³/mol. The number of aldehydes is 1. The Morgan fingerprint density at radius 2 is 1.94 bits per heavy atom. The molecule has 0 heterocycles. The van der Waals surface area contributed by atoms with Crippen molar-refractivity contribution >= 4 is 23.9 Å². The van der Waals surface area contributed by atoms with Crippen LogP contribution in [0.25, 0.3) is 0 Å². The number of hydrogen-bond acceptors (Lipinski definition) is 3. The van der Waals surface area contributed by atoms with Crippen LogP contribution in [0.5, 0.6) is 0 Å². The van der Waals surface area contributed by atoms with Crippen LogP contribution in [0.1, 0.15) is 13.3 Å². The summed E-state index contributed by atoms with van der Waals surface area (Å²) in [5.74, 6) is -0.292. The Kier molecular flexibility index (Phi) is 5.37. The maximum absolute atomic E-state index is 11.8. The monoisotopic (exact) mass is 249 g/mol. The van der Waals surface area contributed by atoms with Crippen LogP contribution in [0.4, 0.5) is 10.5 Å². The van der Waals surface area contributed by atoms with Crippen molar-refractivity contribution in [2.75, 3.05) is 11.6 Å². The molecule has 2 N–H and O–H groups in total. The number of benzene rings is 1. The smallest absolute Gasteiger partial charge is 0.329 e. The number of para-hydroxylation sites is 1. The number of carbonyl (C=O) groups excluding carboxylic acids is 3. The molecule has 0 fully saturated rings. The summed E-state index contributed by atoms with van der Waals surface area (Å²) >= 11 is 0. The van der Waals surface area contributed by atoms with Crippen LogP contribution in [0.15, 0.2) is 30.3 Å². The molecule has 3 amide bonds. The van der Waals surface area contributed by atoms with Gasteiger partial charge < -0.3 is 10.1 Å². The summed E-state index contributed by atoms with van der Waals surface area (Å²) in [6.45, 7) is 1.58. The molecule has 1 aromatic rings. The molecular formula is C12H15N3O3. The van der Waals surface area contributed by atoms with Crippen molar-refractivity contribution in [1.82, 2.24) is 10.7 Å². The summed E-state index contributed by atoms with van der Waals surface area (Å²) < 4.78 is 0. The summed E-state index contributed by atoms with van der Waals surface area (Å²) in [6.07, 6.45) is 0.826. The third-order valence-electron chi connectivity index (χ3n) is 2.11. The number of rotatable bonds is 4. The molecule has 0 unspecified atom stereocenters. The Balaban J connectivity index is 2.84. The molecule has 0 spiro atoms. The summed E-state index contributed by atoms with van der Waals surface area (Å²) in [6, 6.07) is 8.08. The number of anilines is 1. The highest BCUT2D eigenvalue weighted by Crippen LogP contribution is 2.10. The molecule has 6 heteroatoms. The van der Waals surface area contributed by atoms with E-state index in [0.29, 0.717) is 12.0 Å². The fourth-order valence-electron chi connectivity index (χ4n) is 1.22. The summed E-state index contributed by atoms with van der Waals surface area (Å²) in [5, 5.41) is 3.44.